The zero-order valence-corrected chi connectivity index (χ0v) is 19.0. The lowest BCUT2D eigenvalue weighted by atomic mass is 9.84. The maximum Gasteiger partial charge on any atom is 0.251 e. The maximum absolute atomic E-state index is 12.7. The van der Waals surface area contributed by atoms with Crippen molar-refractivity contribution >= 4 is 31.9 Å². The van der Waals surface area contributed by atoms with Gasteiger partial charge in [0.2, 0.25) is 10.0 Å². The van der Waals surface area contributed by atoms with Crippen LogP contribution in [-0.4, -0.2) is 46.4 Å². The molecule has 1 amide bonds. The maximum atomic E-state index is 12.7. The standard InChI is InChI=1S/C20H25BrN2O4S/c1-20(2,15-7-9-16(21)10-8-15)13-22-19(24)14-6-11-17(27-5)18(12-14)28(25,26)23(3)4/h6-12H,13H2,1-5H3,(H,22,24). The molecule has 8 heteroatoms. The van der Waals surface area contributed by atoms with Crippen LogP contribution in [0.25, 0.3) is 0 Å². The number of ether oxygens (including phenoxy) is 1. The van der Waals surface area contributed by atoms with E-state index in [0.29, 0.717) is 6.54 Å². The average Bonchev–Trinajstić information content (AvgIpc) is 2.65. The highest BCUT2D eigenvalue weighted by molar-refractivity contribution is 9.10. The molecule has 0 aliphatic rings. The van der Waals surface area contributed by atoms with Crippen LogP contribution >= 0.6 is 15.9 Å². The highest BCUT2D eigenvalue weighted by atomic mass is 79.9. The molecule has 0 aliphatic heterocycles. The third-order valence-corrected chi connectivity index (χ3v) is 6.87. The minimum atomic E-state index is -3.74. The Balaban J connectivity index is 2.24. The van der Waals surface area contributed by atoms with E-state index in [1.54, 1.807) is 6.07 Å². The Hall–Kier alpha value is -1.90. The van der Waals surface area contributed by atoms with E-state index in [1.165, 1.54) is 33.3 Å². The summed E-state index contributed by atoms with van der Waals surface area (Å²) in [6.07, 6.45) is 0. The van der Waals surface area contributed by atoms with Crippen molar-refractivity contribution in [2.75, 3.05) is 27.7 Å². The number of nitrogens with one attached hydrogen (secondary N) is 1. The Kier molecular flexibility index (Phi) is 6.90. The molecule has 2 aromatic rings. The van der Waals surface area contributed by atoms with Gasteiger partial charge in [0.15, 0.2) is 0 Å². The van der Waals surface area contributed by atoms with E-state index in [-0.39, 0.29) is 27.5 Å². The number of hydrogen-bond donors (Lipinski definition) is 1. The molecular formula is C20H25BrN2O4S. The van der Waals surface area contributed by atoms with Gasteiger partial charge < -0.3 is 10.1 Å². The van der Waals surface area contributed by atoms with Gasteiger partial charge in [-0.1, -0.05) is 41.9 Å². The second-order valence-electron chi connectivity index (χ2n) is 7.23. The van der Waals surface area contributed by atoms with Gasteiger partial charge in [-0.05, 0) is 35.9 Å². The molecule has 6 nitrogen and oxygen atoms in total. The lowest BCUT2D eigenvalue weighted by molar-refractivity contribution is 0.0945. The molecule has 0 spiro atoms. The van der Waals surface area contributed by atoms with Crippen molar-refractivity contribution in [3.63, 3.8) is 0 Å². The van der Waals surface area contributed by atoms with Crippen LogP contribution in [0.4, 0.5) is 0 Å². The first-order chi connectivity index (χ1) is 13.0. The van der Waals surface area contributed by atoms with Crippen LogP contribution in [0.15, 0.2) is 51.8 Å². The largest absolute Gasteiger partial charge is 0.495 e. The molecule has 152 valence electrons. The zero-order valence-electron chi connectivity index (χ0n) is 16.6. The number of nitrogens with zero attached hydrogens (tertiary/aromatic N) is 1. The average molecular weight is 469 g/mol. The fraction of sp³-hybridized carbons (Fsp3) is 0.350. The van der Waals surface area contributed by atoms with E-state index in [2.05, 4.69) is 21.2 Å². The van der Waals surface area contributed by atoms with E-state index in [4.69, 9.17) is 4.74 Å². The number of amides is 1. The van der Waals surface area contributed by atoms with Gasteiger partial charge in [0, 0.05) is 36.1 Å². The lowest BCUT2D eigenvalue weighted by Crippen LogP contribution is -2.36. The van der Waals surface area contributed by atoms with Crippen molar-refractivity contribution in [2.45, 2.75) is 24.2 Å². The molecule has 0 aliphatic carbocycles. The fourth-order valence-corrected chi connectivity index (χ4v) is 3.96. The summed E-state index contributed by atoms with van der Waals surface area (Å²) in [6.45, 7) is 4.47. The number of methoxy groups -OCH3 is 1. The Bertz CT molecular complexity index is 955. The van der Waals surface area contributed by atoms with Crippen molar-refractivity contribution in [1.29, 1.82) is 0 Å². The SMILES string of the molecule is COc1ccc(C(=O)NCC(C)(C)c2ccc(Br)cc2)cc1S(=O)(=O)N(C)C. The molecule has 0 heterocycles. The van der Waals surface area contributed by atoms with E-state index in [0.717, 1.165) is 14.3 Å². The van der Waals surface area contributed by atoms with E-state index in [9.17, 15) is 13.2 Å². The van der Waals surface area contributed by atoms with Gasteiger partial charge in [0.05, 0.1) is 7.11 Å². The van der Waals surface area contributed by atoms with Crippen LogP contribution in [0.2, 0.25) is 0 Å². The van der Waals surface area contributed by atoms with Gasteiger partial charge in [0.1, 0.15) is 10.6 Å². The fourth-order valence-electron chi connectivity index (χ4n) is 2.62. The van der Waals surface area contributed by atoms with Crippen molar-refractivity contribution < 1.29 is 17.9 Å². The second kappa shape index (κ2) is 8.63. The first-order valence-corrected chi connectivity index (χ1v) is 10.9. The van der Waals surface area contributed by atoms with Crippen LogP contribution in [0.1, 0.15) is 29.8 Å². The molecule has 2 aromatic carbocycles. The molecule has 0 atom stereocenters. The van der Waals surface area contributed by atoms with Gasteiger partial charge in [-0.25, -0.2) is 12.7 Å². The third kappa shape index (κ3) is 4.92. The molecule has 0 aromatic heterocycles. The summed E-state index contributed by atoms with van der Waals surface area (Å²) in [5.74, 6) is -0.150. The number of sulfonamides is 1. The summed E-state index contributed by atoms with van der Waals surface area (Å²) in [7, 11) is 0.517. The van der Waals surface area contributed by atoms with Crippen LogP contribution in [0, 0.1) is 0 Å². The van der Waals surface area contributed by atoms with Gasteiger partial charge in [-0.15, -0.1) is 0 Å². The normalized spacial score (nSPS) is 12.1. The second-order valence-corrected chi connectivity index (χ2v) is 10.3. The Morgan fingerprint density at radius 2 is 1.75 bits per heavy atom. The Labute approximate surface area is 175 Å². The monoisotopic (exact) mass is 468 g/mol. The van der Waals surface area contributed by atoms with Gasteiger partial charge in [0.25, 0.3) is 5.91 Å². The highest BCUT2D eigenvalue weighted by Gasteiger charge is 2.25. The van der Waals surface area contributed by atoms with Gasteiger partial charge in [-0.2, -0.15) is 0 Å². The minimum absolute atomic E-state index is 0.0418. The summed E-state index contributed by atoms with van der Waals surface area (Å²) in [4.78, 5) is 12.6. The molecule has 1 N–H and O–H groups in total. The first kappa shape index (κ1) is 22.4. The molecule has 28 heavy (non-hydrogen) atoms. The quantitative estimate of drug-likeness (QED) is 0.675. The van der Waals surface area contributed by atoms with Crippen molar-refractivity contribution in [3.8, 4) is 5.75 Å². The van der Waals surface area contributed by atoms with Gasteiger partial charge in [-0.3, -0.25) is 4.79 Å². The number of carbonyl (C=O) groups excluding carboxylic acids is 1. The van der Waals surface area contributed by atoms with Crippen molar-refractivity contribution in [1.82, 2.24) is 9.62 Å². The van der Waals surface area contributed by atoms with E-state index in [1.807, 2.05) is 38.1 Å². The molecule has 0 saturated carbocycles. The van der Waals surface area contributed by atoms with Crippen molar-refractivity contribution in [2.24, 2.45) is 0 Å². The molecule has 0 saturated heterocycles. The number of rotatable bonds is 7. The highest BCUT2D eigenvalue weighted by Crippen LogP contribution is 2.27. The summed E-state index contributed by atoms with van der Waals surface area (Å²) in [5, 5.41) is 2.90. The molecule has 0 radical (unpaired) electrons. The first-order valence-electron chi connectivity index (χ1n) is 8.64. The number of halogens is 1. The summed E-state index contributed by atoms with van der Waals surface area (Å²) in [5.41, 5.74) is 1.05. The Morgan fingerprint density at radius 3 is 2.29 bits per heavy atom. The number of benzene rings is 2. The number of hydrogen-bond acceptors (Lipinski definition) is 4. The molecule has 2 rings (SSSR count). The lowest BCUT2D eigenvalue weighted by Gasteiger charge is -2.26. The minimum Gasteiger partial charge on any atom is -0.495 e. The molecule has 0 bridgehead atoms. The third-order valence-electron chi connectivity index (χ3n) is 4.50. The van der Waals surface area contributed by atoms with Crippen molar-refractivity contribution in [3.05, 3.63) is 58.1 Å². The van der Waals surface area contributed by atoms with Crippen LogP contribution in [-0.2, 0) is 15.4 Å². The predicted octanol–water partition coefficient (Wildman–Crippen LogP) is 3.42. The predicted molar refractivity (Wildman–Crippen MR) is 113 cm³/mol. The van der Waals surface area contributed by atoms with Gasteiger partial charge >= 0.3 is 0 Å². The topological polar surface area (TPSA) is 75.7 Å². The van der Waals surface area contributed by atoms with Crippen LogP contribution < -0.4 is 10.1 Å². The van der Waals surface area contributed by atoms with E-state index >= 15 is 0 Å². The zero-order chi connectivity index (χ0) is 21.1. The van der Waals surface area contributed by atoms with E-state index < -0.39 is 10.0 Å². The summed E-state index contributed by atoms with van der Waals surface area (Å²) in [6, 6.07) is 12.3. The number of carbonyl (C=O) groups is 1. The van der Waals surface area contributed by atoms with Crippen LogP contribution in [0.3, 0.4) is 0 Å². The Morgan fingerprint density at radius 1 is 1.14 bits per heavy atom. The summed E-state index contributed by atoms with van der Waals surface area (Å²) < 4.78 is 32.3. The molecular weight excluding hydrogens is 444 g/mol. The smallest absolute Gasteiger partial charge is 0.251 e. The van der Waals surface area contributed by atoms with Crippen LogP contribution in [0.5, 0.6) is 5.75 Å². The summed E-state index contributed by atoms with van der Waals surface area (Å²) >= 11 is 3.42. The molecule has 0 unspecified atom stereocenters. The molecule has 0 fully saturated rings.